The lowest BCUT2D eigenvalue weighted by Gasteiger charge is -2.45. The largest absolute Gasteiger partial charge is 0.347 e. The monoisotopic (exact) mass is 483 g/mol. The molecule has 3 amide bonds. The Balaban J connectivity index is 1.78. The van der Waals surface area contributed by atoms with Crippen LogP contribution in [-0.4, -0.2) is 53.7 Å². The number of piperazine rings is 1. The van der Waals surface area contributed by atoms with Gasteiger partial charge >= 0.3 is 0 Å². The molecular formula is C27H31F2N3O3. The second-order valence-corrected chi connectivity index (χ2v) is 10.1. The summed E-state index contributed by atoms with van der Waals surface area (Å²) in [6, 6.07) is 7.65. The van der Waals surface area contributed by atoms with Gasteiger partial charge in [-0.05, 0) is 48.3 Å². The van der Waals surface area contributed by atoms with Gasteiger partial charge in [-0.3, -0.25) is 14.4 Å². The number of likely N-dealkylation sites (N-methyl/N-ethyl adjacent to an activating group) is 1. The first-order valence-corrected chi connectivity index (χ1v) is 11.9. The number of carbonyl (C=O) groups is 3. The maximum absolute atomic E-state index is 15.0. The number of amides is 3. The Hall–Kier alpha value is -3.29. The third-order valence-electron chi connectivity index (χ3n) is 6.92. The normalized spacial score (nSPS) is 21.2. The van der Waals surface area contributed by atoms with Crippen molar-refractivity contribution in [2.75, 3.05) is 14.1 Å². The van der Waals surface area contributed by atoms with Gasteiger partial charge in [0, 0.05) is 25.7 Å². The van der Waals surface area contributed by atoms with E-state index in [9.17, 15) is 18.8 Å². The number of nitrogens with zero attached hydrogens (tertiary/aromatic N) is 2. The molecule has 0 radical (unpaired) electrons. The summed E-state index contributed by atoms with van der Waals surface area (Å²) >= 11 is 0. The van der Waals surface area contributed by atoms with Gasteiger partial charge in [0.15, 0.2) is 0 Å². The highest BCUT2D eigenvalue weighted by Crippen LogP contribution is 2.36. The maximum Gasteiger partial charge on any atom is 0.249 e. The van der Waals surface area contributed by atoms with Crippen molar-refractivity contribution in [3.8, 4) is 0 Å². The van der Waals surface area contributed by atoms with E-state index in [1.54, 1.807) is 0 Å². The topological polar surface area (TPSA) is 69.7 Å². The molecule has 8 heteroatoms. The van der Waals surface area contributed by atoms with E-state index in [0.29, 0.717) is 25.3 Å². The lowest BCUT2D eigenvalue weighted by atomic mass is 9.87. The Morgan fingerprint density at radius 3 is 2.26 bits per heavy atom. The van der Waals surface area contributed by atoms with Crippen molar-refractivity contribution < 1.29 is 23.2 Å². The van der Waals surface area contributed by atoms with Gasteiger partial charge in [-0.2, -0.15) is 0 Å². The summed E-state index contributed by atoms with van der Waals surface area (Å²) in [5, 5.41) is 2.92. The summed E-state index contributed by atoms with van der Waals surface area (Å²) in [6.45, 7) is 3.83. The number of halogens is 2. The van der Waals surface area contributed by atoms with Crippen LogP contribution in [0.3, 0.4) is 0 Å². The van der Waals surface area contributed by atoms with Crippen LogP contribution in [0.5, 0.6) is 0 Å². The van der Waals surface area contributed by atoms with Crippen molar-refractivity contribution in [1.29, 1.82) is 0 Å². The molecule has 0 aromatic heterocycles. The standard InChI is InChI=1S/C27H31F2N3O3/c1-15(2)11-22-25(33)30-23(18-12-16-7-5-6-8-17(16)13-18)26(34)32(22)24(27(35)31(3)4)20-10-9-19(28)14-21(20)29/h5-10,14-15,18,22-24H,11-13H2,1-4H3,(H,30,33)/t22-,23-,24?/m1/s1. The highest BCUT2D eigenvalue weighted by molar-refractivity contribution is 6.00. The molecule has 1 saturated heterocycles. The molecule has 3 atom stereocenters. The lowest BCUT2D eigenvalue weighted by molar-refractivity contribution is -0.159. The van der Waals surface area contributed by atoms with Crippen molar-refractivity contribution in [1.82, 2.24) is 15.1 Å². The summed E-state index contributed by atoms with van der Waals surface area (Å²) in [6.07, 6.45) is 1.54. The SMILES string of the molecule is CC(C)C[C@@H]1C(=O)N[C@H](C2Cc3ccccc3C2)C(=O)N1C(C(=O)N(C)C)c1ccc(F)cc1F. The average molecular weight is 484 g/mol. The van der Waals surface area contributed by atoms with Crippen LogP contribution in [0.2, 0.25) is 0 Å². The second-order valence-electron chi connectivity index (χ2n) is 10.1. The van der Waals surface area contributed by atoms with Gasteiger partial charge in [-0.25, -0.2) is 8.78 Å². The van der Waals surface area contributed by atoms with E-state index in [4.69, 9.17) is 0 Å². The molecule has 0 bridgehead atoms. The first-order chi connectivity index (χ1) is 16.6. The van der Waals surface area contributed by atoms with E-state index in [0.717, 1.165) is 17.2 Å². The number of carbonyl (C=O) groups excluding carboxylic acids is 3. The van der Waals surface area contributed by atoms with Crippen LogP contribution in [0.4, 0.5) is 8.78 Å². The predicted octanol–water partition coefficient (Wildman–Crippen LogP) is 3.25. The molecule has 1 aliphatic heterocycles. The Bertz CT molecular complexity index is 1130. The molecule has 2 aromatic carbocycles. The summed E-state index contributed by atoms with van der Waals surface area (Å²) in [5.41, 5.74) is 2.12. The van der Waals surface area contributed by atoms with Crippen LogP contribution in [0.25, 0.3) is 0 Å². The Labute approximate surface area is 204 Å². The summed E-state index contributed by atoms with van der Waals surface area (Å²) in [4.78, 5) is 43.4. The maximum atomic E-state index is 15.0. The van der Waals surface area contributed by atoms with Crippen LogP contribution in [-0.2, 0) is 27.2 Å². The van der Waals surface area contributed by atoms with Crippen LogP contribution in [0.15, 0.2) is 42.5 Å². The number of hydrogen-bond acceptors (Lipinski definition) is 3. The third-order valence-corrected chi connectivity index (χ3v) is 6.92. The highest BCUT2D eigenvalue weighted by Gasteiger charge is 2.50. The van der Waals surface area contributed by atoms with Gasteiger partial charge < -0.3 is 15.1 Å². The summed E-state index contributed by atoms with van der Waals surface area (Å²) in [7, 11) is 3.02. The molecule has 1 heterocycles. The Morgan fingerprint density at radius 1 is 1.09 bits per heavy atom. The van der Waals surface area contributed by atoms with Gasteiger partial charge in [0.2, 0.25) is 17.7 Å². The fourth-order valence-electron chi connectivity index (χ4n) is 5.24. The van der Waals surface area contributed by atoms with E-state index >= 15 is 4.39 Å². The lowest BCUT2D eigenvalue weighted by Crippen LogP contribution is -2.67. The fraction of sp³-hybridized carbons (Fsp3) is 0.444. The van der Waals surface area contributed by atoms with Crippen LogP contribution in [0.1, 0.15) is 43.0 Å². The fourth-order valence-corrected chi connectivity index (χ4v) is 5.24. The van der Waals surface area contributed by atoms with Gasteiger partial charge in [-0.1, -0.05) is 44.2 Å². The van der Waals surface area contributed by atoms with Crippen molar-refractivity contribution in [3.05, 3.63) is 70.8 Å². The second kappa shape index (κ2) is 9.76. The van der Waals surface area contributed by atoms with Gasteiger partial charge in [0.05, 0.1) is 0 Å². The minimum atomic E-state index is -1.39. The number of nitrogens with one attached hydrogen (secondary N) is 1. The molecule has 186 valence electrons. The predicted molar refractivity (Wildman–Crippen MR) is 127 cm³/mol. The molecule has 1 unspecified atom stereocenters. The molecule has 1 N–H and O–H groups in total. The molecular weight excluding hydrogens is 452 g/mol. The third kappa shape index (κ3) is 4.79. The molecule has 1 aliphatic carbocycles. The molecule has 1 fully saturated rings. The number of rotatable bonds is 6. The first kappa shape index (κ1) is 24.8. The van der Waals surface area contributed by atoms with E-state index in [1.165, 1.54) is 30.0 Å². The van der Waals surface area contributed by atoms with Crippen LogP contribution < -0.4 is 5.32 Å². The van der Waals surface area contributed by atoms with Gasteiger partial charge in [0.25, 0.3) is 0 Å². The average Bonchev–Trinajstić information content (AvgIpc) is 3.22. The van der Waals surface area contributed by atoms with E-state index in [1.807, 2.05) is 38.1 Å². The number of fused-ring (bicyclic) bond motifs is 1. The molecule has 4 rings (SSSR count). The van der Waals surface area contributed by atoms with E-state index < -0.39 is 41.6 Å². The van der Waals surface area contributed by atoms with Crippen LogP contribution in [0, 0.1) is 23.5 Å². The Kier molecular flexibility index (Phi) is 6.92. The zero-order chi connectivity index (χ0) is 25.4. The molecule has 2 aliphatic rings. The number of benzene rings is 2. The van der Waals surface area contributed by atoms with E-state index in [2.05, 4.69) is 5.32 Å². The minimum absolute atomic E-state index is 0.0292. The molecule has 2 aromatic rings. The van der Waals surface area contributed by atoms with E-state index in [-0.39, 0.29) is 23.3 Å². The minimum Gasteiger partial charge on any atom is -0.347 e. The first-order valence-electron chi connectivity index (χ1n) is 11.9. The smallest absolute Gasteiger partial charge is 0.249 e. The molecule has 0 saturated carbocycles. The van der Waals surface area contributed by atoms with Crippen molar-refractivity contribution in [3.63, 3.8) is 0 Å². The Morgan fingerprint density at radius 2 is 1.71 bits per heavy atom. The molecule has 0 spiro atoms. The molecule has 6 nitrogen and oxygen atoms in total. The van der Waals surface area contributed by atoms with Gasteiger partial charge in [-0.15, -0.1) is 0 Å². The number of hydrogen-bond donors (Lipinski definition) is 1. The zero-order valence-corrected chi connectivity index (χ0v) is 20.4. The highest BCUT2D eigenvalue weighted by atomic mass is 19.1. The summed E-state index contributed by atoms with van der Waals surface area (Å²) in [5.74, 6) is -3.21. The quantitative estimate of drug-likeness (QED) is 0.686. The van der Waals surface area contributed by atoms with Crippen molar-refractivity contribution in [2.45, 2.75) is 51.2 Å². The summed E-state index contributed by atoms with van der Waals surface area (Å²) < 4.78 is 28.7. The van der Waals surface area contributed by atoms with Crippen molar-refractivity contribution in [2.24, 2.45) is 11.8 Å². The van der Waals surface area contributed by atoms with Gasteiger partial charge in [0.1, 0.15) is 29.8 Å². The molecule has 35 heavy (non-hydrogen) atoms. The van der Waals surface area contributed by atoms with Crippen molar-refractivity contribution >= 4 is 17.7 Å². The van der Waals surface area contributed by atoms with Crippen LogP contribution >= 0.6 is 0 Å². The zero-order valence-electron chi connectivity index (χ0n) is 20.4.